The Morgan fingerprint density at radius 2 is 1.79 bits per heavy atom. The molecule has 19 heavy (non-hydrogen) atoms. The van der Waals surface area contributed by atoms with E-state index in [0.29, 0.717) is 18.5 Å². The molecule has 0 unspecified atom stereocenters. The van der Waals surface area contributed by atoms with E-state index < -0.39 is 9.84 Å². The van der Waals surface area contributed by atoms with Crippen molar-refractivity contribution in [3.8, 4) is 0 Å². The van der Waals surface area contributed by atoms with Crippen LogP contribution in [0.15, 0.2) is 29.2 Å². The van der Waals surface area contributed by atoms with E-state index in [1.807, 2.05) is 13.8 Å². The predicted molar refractivity (Wildman–Crippen MR) is 74.8 cm³/mol. The summed E-state index contributed by atoms with van der Waals surface area (Å²) in [6.45, 7) is 4.27. The number of nitrogens with one attached hydrogen (secondary N) is 1. The summed E-state index contributed by atoms with van der Waals surface area (Å²) < 4.78 is 22.6. The van der Waals surface area contributed by atoms with Gasteiger partial charge in [0.15, 0.2) is 9.84 Å². The zero-order valence-electron chi connectivity index (χ0n) is 11.4. The Morgan fingerprint density at radius 1 is 1.26 bits per heavy atom. The molecule has 1 aromatic carbocycles. The second-order valence-electron chi connectivity index (χ2n) is 5.17. The molecule has 3 N–H and O–H groups in total. The van der Waals surface area contributed by atoms with Crippen molar-refractivity contribution < 1.29 is 13.2 Å². The largest absolute Gasteiger partial charge is 0.347 e. The van der Waals surface area contributed by atoms with Gasteiger partial charge in [0.05, 0.1) is 4.90 Å². The minimum atomic E-state index is -3.24. The van der Waals surface area contributed by atoms with Crippen LogP contribution < -0.4 is 11.1 Å². The van der Waals surface area contributed by atoms with Crippen LogP contribution in [-0.4, -0.2) is 32.7 Å². The smallest absolute Gasteiger partial charge is 0.251 e. The summed E-state index contributed by atoms with van der Waals surface area (Å²) >= 11 is 0. The van der Waals surface area contributed by atoms with Gasteiger partial charge in [-0.05, 0) is 51.1 Å². The molecule has 0 aliphatic rings. The summed E-state index contributed by atoms with van der Waals surface area (Å²) in [5.74, 6) is -0.237. The van der Waals surface area contributed by atoms with E-state index in [2.05, 4.69) is 5.32 Å². The third-order valence-electron chi connectivity index (χ3n) is 2.77. The fourth-order valence-corrected chi connectivity index (χ4v) is 2.29. The minimum Gasteiger partial charge on any atom is -0.347 e. The minimum absolute atomic E-state index is 0.199. The van der Waals surface area contributed by atoms with Gasteiger partial charge in [0.2, 0.25) is 0 Å². The first-order valence-electron chi connectivity index (χ1n) is 5.98. The van der Waals surface area contributed by atoms with E-state index in [1.54, 1.807) is 0 Å². The van der Waals surface area contributed by atoms with Gasteiger partial charge in [-0.25, -0.2) is 8.42 Å². The van der Waals surface area contributed by atoms with Crippen molar-refractivity contribution in [2.75, 3.05) is 12.8 Å². The molecule has 0 radical (unpaired) electrons. The Morgan fingerprint density at radius 3 is 2.21 bits per heavy atom. The van der Waals surface area contributed by atoms with Crippen LogP contribution in [-0.2, 0) is 9.84 Å². The predicted octanol–water partition coefficient (Wildman–Crippen LogP) is 0.947. The maximum absolute atomic E-state index is 12.0. The van der Waals surface area contributed by atoms with Crippen molar-refractivity contribution in [3.05, 3.63) is 29.8 Å². The lowest BCUT2D eigenvalue weighted by Gasteiger charge is -2.25. The van der Waals surface area contributed by atoms with Crippen LogP contribution in [0.2, 0.25) is 0 Å². The number of sulfone groups is 1. The van der Waals surface area contributed by atoms with Crippen molar-refractivity contribution in [1.82, 2.24) is 5.32 Å². The number of amides is 1. The summed E-state index contributed by atoms with van der Waals surface area (Å²) in [6, 6.07) is 5.87. The summed E-state index contributed by atoms with van der Waals surface area (Å²) in [5, 5.41) is 2.86. The number of hydrogen-bond acceptors (Lipinski definition) is 4. The van der Waals surface area contributed by atoms with E-state index in [4.69, 9.17) is 5.73 Å². The molecular weight excluding hydrogens is 264 g/mol. The SMILES string of the molecule is CC(C)(CCN)NC(=O)c1ccc(S(C)(=O)=O)cc1. The molecule has 0 aliphatic carbocycles. The van der Waals surface area contributed by atoms with Gasteiger partial charge in [-0.3, -0.25) is 4.79 Å². The molecule has 0 bridgehead atoms. The van der Waals surface area contributed by atoms with Crippen molar-refractivity contribution in [2.45, 2.75) is 30.7 Å². The van der Waals surface area contributed by atoms with Crippen LogP contribution in [0.1, 0.15) is 30.6 Å². The molecule has 0 fully saturated rings. The standard InChI is InChI=1S/C13H20N2O3S/c1-13(2,8-9-14)15-12(16)10-4-6-11(7-5-10)19(3,17)18/h4-7H,8-9,14H2,1-3H3,(H,15,16). The molecule has 0 aliphatic heterocycles. The van der Waals surface area contributed by atoms with Crippen LogP contribution in [0.3, 0.4) is 0 Å². The lowest BCUT2D eigenvalue weighted by molar-refractivity contribution is 0.0910. The topological polar surface area (TPSA) is 89.3 Å². The number of benzene rings is 1. The molecule has 0 heterocycles. The molecule has 0 saturated carbocycles. The van der Waals surface area contributed by atoms with Crippen molar-refractivity contribution in [3.63, 3.8) is 0 Å². The molecule has 0 aromatic heterocycles. The average molecular weight is 284 g/mol. The van der Waals surface area contributed by atoms with Gasteiger partial charge in [0.1, 0.15) is 0 Å². The summed E-state index contributed by atoms with van der Waals surface area (Å²) in [7, 11) is -3.24. The highest BCUT2D eigenvalue weighted by Crippen LogP contribution is 2.12. The molecule has 1 amide bonds. The number of nitrogens with two attached hydrogens (primary N) is 1. The van der Waals surface area contributed by atoms with Crippen LogP contribution in [0.5, 0.6) is 0 Å². The van der Waals surface area contributed by atoms with Crippen molar-refractivity contribution in [1.29, 1.82) is 0 Å². The van der Waals surface area contributed by atoms with E-state index in [1.165, 1.54) is 24.3 Å². The van der Waals surface area contributed by atoms with Crippen LogP contribution in [0, 0.1) is 0 Å². The van der Waals surface area contributed by atoms with Crippen molar-refractivity contribution >= 4 is 15.7 Å². The van der Waals surface area contributed by atoms with Crippen molar-refractivity contribution in [2.24, 2.45) is 5.73 Å². The molecule has 1 aromatic rings. The highest BCUT2D eigenvalue weighted by Gasteiger charge is 2.20. The van der Waals surface area contributed by atoms with Gasteiger partial charge in [-0.2, -0.15) is 0 Å². The number of carbonyl (C=O) groups is 1. The number of carbonyl (C=O) groups excluding carboxylic acids is 1. The summed E-state index contributed by atoms with van der Waals surface area (Å²) in [6.07, 6.45) is 1.80. The van der Waals surface area contributed by atoms with Gasteiger partial charge >= 0.3 is 0 Å². The maximum Gasteiger partial charge on any atom is 0.251 e. The van der Waals surface area contributed by atoms with Gasteiger partial charge < -0.3 is 11.1 Å². The number of rotatable bonds is 5. The first kappa shape index (κ1) is 15.7. The van der Waals surface area contributed by atoms with Gasteiger partial charge in [0.25, 0.3) is 5.91 Å². The highest BCUT2D eigenvalue weighted by molar-refractivity contribution is 7.90. The third-order valence-corrected chi connectivity index (χ3v) is 3.89. The zero-order chi connectivity index (χ0) is 14.7. The normalized spacial score (nSPS) is 12.2. The van der Waals surface area contributed by atoms with E-state index in [0.717, 1.165) is 6.26 Å². The first-order valence-corrected chi connectivity index (χ1v) is 7.87. The molecule has 0 atom stereocenters. The van der Waals surface area contributed by atoms with Crippen LogP contribution in [0.4, 0.5) is 0 Å². The van der Waals surface area contributed by atoms with Crippen LogP contribution in [0.25, 0.3) is 0 Å². The Balaban J connectivity index is 2.85. The Labute approximate surface area is 114 Å². The fourth-order valence-electron chi connectivity index (χ4n) is 1.66. The van der Waals surface area contributed by atoms with Gasteiger partial charge in [-0.1, -0.05) is 0 Å². The molecule has 6 heteroatoms. The Hall–Kier alpha value is -1.40. The Kier molecular flexibility index (Phi) is 4.70. The molecule has 0 saturated heterocycles. The summed E-state index contributed by atoms with van der Waals surface area (Å²) in [5.41, 5.74) is 5.52. The van der Waals surface area contributed by atoms with E-state index >= 15 is 0 Å². The molecule has 5 nitrogen and oxygen atoms in total. The first-order chi connectivity index (χ1) is 8.65. The lowest BCUT2D eigenvalue weighted by Crippen LogP contribution is -2.44. The molecule has 106 valence electrons. The molecule has 1 rings (SSSR count). The van der Waals surface area contributed by atoms with Crippen LogP contribution >= 0.6 is 0 Å². The number of hydrogen-bond donors (Lipinski definition) is 2. The molecular formula is C13H20N2O3S. The van der Waals surface area contributed by atoms with Gasteiger partial charge in [0, 0.05) is 17.4 Å². The maximum atomic E-state index is 12.0. The second-order valence-corrected chi connectivity index (χ2v) is 7.19. The highest BCUT2D eigenvalue weighted by atomic mass is 32.2. The second kappa shape index (κ2) is 5.71. The monoisotopic (exact) mass is 284 g/mol. The van der Waals surface area contributed by atoms with E-state index in [9.17, 15) is 13.2 Å². The van der Waals surface area contributed by atoms with Gasteiger partial charge in [-0.15, -0.1) is 0 Å². The van der Waals surface area contributed by atoms with E-state index in [-0.39, 0.29) is 16.3 Å². The fraction of sp³-hybridized carbons (Fsp3) is 0.462. The summed E-state index contributed by atoms with van der Waals surface area (Å²) in [4.78, 5) is 12.2. The Bertz CT molecular complexity index is 548. The molecule has 0 spiro atoms. The third kappa shape index (κ3) is 4.65. The average Bonchev–Trinajstić information content (AvgIpc) is 2.27. The quantitative estimate of drug-likeness (QED) is 0.842. The lowest BCUT2D eigenvalue weighted by atomic mass is 10.00. The zero-order valence-corrected chi connectivity index (χ0v) is 12.3.